The number of aromatic nitrogens is 4. The van der Waals surface area contributed by atoms with E-state index in [1.54, 1.807) is 0 Å². The van der Waals surface area contributed by atoms with Crippen molar-refractivity contribution in [3.05, 3.63) is 12.7 Å². The number of amides is 1. The summed E-state index contributed by atoms with van der Waals surface area (Å²) >= 11 is 0. The minimum Gasteiger partial charge on any atom is -0.394 e. The van der Waals surface area contributed by atoms with Crippen LogP contribution in [-0.2, 0) is 116 Å². The number of fused-ring (bicyclic) bond motifs is 1. The molecule has 0 spiro atoms. The van der Waals surface area contributed by atoms with E-state index in [1.807, 2.05) is 0 Å². The first-order valence-electron chi connectivity index (χ1n) is 28.8. The number of phosphoric acid groups is 4. The number of carbonyl (C=O) groups excluding carboxylic acids is 1. The van der Waals surface area contributed by atoms with Gasteiger partial charge < -0.3 is 129 Å². The van der Waals surface area contributed by atoms with Crippen molar-refractivity contribution in [2.75, 3.05) is 119 Å². The van der Waals surface area contributed by atoms with Gasteiger partial charge in [0.05, 0.1) is 110 Å². The number of hydrogen-bond donors (Lipinski definition) is 16. The average Bonchev–Trinajstić information content (AvgIpc) is 1.60. The van der Waals surface area contributed by atoms with E-state index in [0.717, 1.165) is 19.9 Å². The Bertz CT molecular complexity index is 2910. The van der Waals surface area contributed by atoms with Gasteiger partial charge in [0.1, 0.15) is 72.9 Å². The van der Waals surface area contributed by atoms with Crippen molar-refractivity contribution < 1.29 is 186 Å². The zero-order valence-corrected chi connectivity index (χ0v) is 56.1. The number of hydrogen-bond acceptors (Lipinski definition) is 38. The average molecular weight is 1500 g/mol. The predicted molar refractivity (Wildman–Crippen MR) is 308 cm³/mol. The highest BCUT2D eigenvalue weighted by Gasteiger charge is 2.49. The molecule has 1 amide bonds. The molecule has 4 fully saturated rings. The van der Waals surface area contributed by atoms with Crippen molar-refractivity contribution in [1.29, 1.82) is 0 Å². The first-order valence-corrected chi connectivity index (χ1v) is 36.9. The Hall–Kier alpha value is -2.35. The van der Waals surface area contributed by atoms with Gasteiger partial charge in [-0.2, -0.15) is 0 Å². The fraction of sp³-hybridized carbons (Fsp3) is 0.870. The molecule has 0 aromatic carbocycles. The van der Waals surface area contributed by atoms with Crippen LogP contribution in [0.15, 0.2) is 12.7 Å². The van der Waals surface area contributed by atoms with Gasteiger partial charge in [0.2, 0.25) is 5.91 Å². The Morgan fingerprint density at radius 3 is 1.45 bits per heavy atom. The summed E-state index contributed by atoms with van der Waals surface area (Å²) in [6, 6.07) is -1.40. The molecule has 4 aliphatic heterocycles. The molecule has 4 aliphatic rings. The van der Waals surface area contributed by atoms with Crippen LogP contribution >= 0.6 is 38.9 Å². The zero-order chi connectivity index (χ0) is 71.0. The lowest BCUT2D eigenvalue weighted by Crippen LogP contribution is -2.64. The van der Waals surface area contributed by atoms with E-state index >= 15 is 0 Å². The first-order chi connectivity index (χ1) is 45.0. The van der Waals surface area contributed by atoms with E-state index in [1.165, 1.54) is 24.7 Å². The maximum absolute atomic E-state index is 14.1. The summed E-state index contributed by atoms with van der Waals surface area (Å²) < 4.78 is 168. The zero-order valence-electron chi connectivity index (χ0n) is 51.6. The van der Waals surface area contributed by atoms with Gasteiger partial charge in [0.15, 0.2) is 57.0 Å². The minimum absolute atomic E-state index is 0.0489. The molecule has 556 valence electrons. The third-order valence-corrected chi connectivity index (χ3v) is 18.8. The molecule has 96 heavy (non-hydrogen) atoms. The van der Waals surface area contributed by atoms with Crippen LogP contribution in [0.1, 0.15) is 33.4 Å². The number of nitrogens with zero attached hydrogens (tertiary/aromatic N) is 4. The summed E-state index contributed by atoms with van der Waals surface area (Å²) in [5.74, 6) is -2.45. The standard InChI is InChI=1S/C46H83N6O39P5/c1-24-34(57)36(59)28(12-53)86-42(24)76-5-8-79-93(65,66)83-21-73-15-46(16-74-22-84-94(67,68)80-9-6-77-43-25(2)35(58)37(60)29(13-54)87-43,17-75-23-85-95(69,70)81-10-7-78-45-32(51-26(3)56)39(62)38(61)30(14-55)88-45)18-82-96(71,72)91-44-27(90-92(4,63)64)11-31(89-44)52-20-50-33-40(47)48-19-49-41(33)52/h19-20,24-25,27-32,34-39,42-45,53-55,57-62H,5-18,21-23H2,1-4H3,(H,51,56)(H,63,64)(H,65,66)(H,67,68)(H,69,70)(H,71,72)(H2,47,48,49)/t24?,25?,27?,28?,29?,30?,31-,32?,34-,35-,36+,37+,38+,39-,42-,43-,44-,45-,46?/m1/s1. The molecule has 45 nitrogen and oxygen atoms in total. The van der Waals surface area contributed by atoms with Crippen LogP contribution in [0, 0.1) is 17.3 Å². The summed E-state index contributed by atoms with van der Waals surface area (Å²) in [5.41, 5.74) is 3.89. The molecule has 2 aromatic rings. The van der Waals surface area contributed by atoms with Gasteiger partial charge in [0.25, 0.3) is 0 Å². The van der Waals surface area contributed by atoms with Crippen LogP contribution in [0.2, 0.25) is 0 Å². The summed E-state index contributed by atoms with van der Waals surface area (Å²) in [4.78, 5) is 77.2. The molecule has 2 aromatic heterocycles. The maximum atomic E-state index is 14.1. The molecule has 23 atom stereocenters. The van der Waals surface area contributed by atoms with Gasteiger partial charge in [-0.1, -0.05) is 13.8 Å². The van der Waals surface area contributed by atoms with Crippen LogP contribution in [0.5, 0.6) is 0 Å². The van der Waals surface area contributed by atoms with Crippen LogP contribution in [0.25, 0.3) is 11.2 Å². The van der Waals surface area contributed by atoms with E-state index in [4.69, 9.17) is 93.8 Å². The lowest BCUT2D eigenvalue weighted by Gasteiger charge is -2.42. The van der Waals surface area contributed by atoms with Gasteiger partial charge in [-0.15, -0.1) is 0 Å². The molecule has 6 rings (SSSR count). The highest BCUT2D eigenvalue weighted by Crippen LogP contribution is 2.53. The molecule has 6 heterocycles. The highest BCUT2D eigenvalue weighted by molar-refractivity contribution is 7.52. The minimum atomic E-state index is -5.65. The molecule has 0 radical (unpaired) electrons. The lowest BCUT2D eigenvalue weighted by atomic mass is 9.92. The van der Waals surface area contributed by atoms with Gasteiger partial charge in [-0.05, 0) is 0 Å². The number of nitrogen functional groups attached to an aromatic ring is 1. The number of nitrogens with one attached hydrogen (secondary N) is 1. The normalized spacial score (nSPS) is 33.5. The van der Waals surface area contributed by atoms with E-state index in [9.17, 15) is 98.0 Å². The first kappa shape index (κ1) is 82.6. The largest absolute Gasteiger partial charge is 0.474 e. The Labute approximate surface area is 545 Å². The number of rotatable bonds is 42. The summed E-state index contributed by atoms with van der Waals surface area (Å²) in [6.07, 6.45) is -20.0. The maximum Gasteiger partial charge on any atom is 0.474 e. The highest BCUT2D eigenvalue weighted by atomic mass is 31.2. The summed E-state index contributed by atoms with van der Waals surface area (Å²) in [7, 11) is -25.6. The fourth-order valence-electron chi connectivity index (χ4n) is 9.52. The van der Waals surface area contributed by atoms with Crippen molar-refractivity contribution in [2.45, 2.75) is 126 Å². The molecule has 0 bridgehead atoms. The lowest BCUT2D eigenvalue weighted by molar-refractivity contribution is -0.283. The quantitative estimate of drug-likeness (QED) is 0.0169. The molecular weight excluding hydrogens is 1420 g/mol. The number of ether oxygens (including phenoxy) is 10. The Balaban J connectivity index is 1.17. The molecule has 0 aliphatic carbocycles. The number of phosphoric ester groups is 4. The number of aliphatic hydroxyl groups excluding tert-OH is 9. The van der Waals surface area contributed by atoms with Crippen molar-refractivity contribution >= 4 is 61.8 Å². The van der Waals surface area contributed by atoms with Gasteiger partial charge >= 0.3 is 38.9 Å². The third-order valence-electron chi connectivity index (χ3n) is 14.4. The second-order valence-corrected chi connectivity index (χ2v) is 29.5. The second kappa shape index (κ2) is 37.2. The molecule has 4 saturated heterocycles. The second-order valence-electron chi connectivity index (χ2n) is 21.9. The Morgan fingerprint density at radius 2 is 1.01 bits per heavy atom. The van der Waals surface area contributed by atoms with Gasteiger partial charge in [-0.3, -0.25) is 54.6 Å². The Morgan fingerprint density at radius 1 is 0.573 bits per heavy atom. The van der Waals surface area contributed by atoms with Gasteiger partial charge in [0, 0.05) is 31.8 Å². The molecule has 0 saturated carbocycles. The van der Waals surface area contributed by atoms with Crippen molar-refractivity contribution in [3.63, 3.8) is 0 Å². The van der Waals surface area contributed by atoms with E-state index in [2.05, 4.69) is 20.3 Å². The van der Waals surface area contributed by atoms with Crippen molar-refractivity contribution in [1.82, 2.24) is 24.8 Å². The van der Waals surface area contributed by atoms with E-state index in [-0.39, 0.29) is 23.4 Å². The molecule has 50 heteroatoms. The number of imidazole rings is 1. The van der Waals surface area contributed by atoms with Crippen molar-refractivity contribution in [2.24, 2.45) is 17.3 Å². The fourth-order valence-corrected chi connectivity index (χ4v) is 12.9. The third kappa shape index (κ3) is 24.7. The molecule has 17 N–H and O–H groups in total. The van der Waals surface area contributed by atoms with Crippen LogP contribution in [-0.4, -0.2) is 301 Å². The number of carbonyl (C=O) groups is 1. The summed E-state index contributed by atoms with van der Waals surface area (Å²) in [5, 5.41) is 92.9. The topological polar surface area (TPSA) is 643 Å². The molecule has 12 unspecified atom stereocenters. The monoisotopic (exact) mass is 1500 g/mol. The summed E-state index contributed by atoms with van der Waals surface area (Å²) in [6.45, 7) is -9.11. The van der Waals surface area contributed by atoms with Crippen molar-refractivity contribution in [3.8, 4) is 0 Å². The molecular formula is C46H83N6O39P5. The number of anilines is 1. The van der Waals surface area contributed by atoms with E-state index < -0.39 is 267 Å². The smallest absolute Gasteiger partial charge is 0.394 e. The van der Waals surface area contributed by atoms with E-state index in [0.29, 0.717) is 0 Å². The van der Waals surface area contributed by atoms with Gasteiger partial charge in [-0.25, -0.2) is 33.2 Å². The van der Waals surface area contributed by atoms with Crippen LogP contribution in [0.3, 0.4) is 0 Å². The number of nitrogens with two attached hydrogens (primary N) is 1. The number of aliphatic hydroxyl groups is 9. The van der Waals surface area contributed by atoms with Crippen LogP contribution < -0.4 is 11.1 Å². The SMILES string of the molecule is CC(=O)NC1[C@H](OCCOP(=O)(O)OCOCC(COCOP(=O)(O)OCCO[C@@H]2OC(CO)[C@H](O)[C@H](O)C2C)(COCOP(=O)(O)OCCO[C@@H]2OC(CO)[C@H](O)[C@H](O)C2C)COP(=O)(O)O[C@H]2O[C@@H](n3cnc4c(N)ncnc43)CC2OP(C)(=O)O)OC(CO)[C@H](O)[C@@H]1O. The predicted octanol–water partition coefficient (Wildman–Crippen LogP) is -4.56. The Kier molecular flexibility index (Phi) is 32.0. The van der Waals surface area contributed by atoms with Crippen LogP contribution in [0.4, 0.5) is 5.82 Å².